The average molecular weight is 397 g/mol. The van der Waals surface area contributed by atoms with Crippen LogP contribution in [0.2, 0.25) is 0 Å². The molecule has 3 aromatic rings. The molecule has 0 unspecified atom stereocenters. The lowest BCUT2D eigenvalue weighted by atomic mass is 10.0. The molecule has 9 nitrogen and oxygen atoms in total. The summed E-state index contributed by atoms with van der Waals surface area (Å²) in [6, 6.07) is 6.07. The van der Waals surface area contributed by atoms with E-state index < -0.39 is 0 Å². The smallest absolute Gasteiger partial charge is 0.222 e. The van der Waals surface area contributed by atoms with Crippen molar-refractivity contribution in [1.82, 2.24) is 20.2 Å². The van der Waals surface area contributed by atoms with E-state index in [1.807, 2.05) is 25.1 Å². The molecule has 0 amide bonds. The molecule has 1 atom stereocenters. The predicted octanol–water partition coefficient (Wildman–Crippen LogP) is 2.44. The Kier molecular flexibility index (Phi) is 5.14. The van der Waals surface area contributed by atoms with Gasteiger partial charge in [-0.3, -0.25) is 5.10 Å². The molecule has 0 spiro atoms. The maximum absolute atomic E-state index is 6.09. The fourth-order valence-corrected chi connectivity index (χ4v) is 3.77. The summed E-state index contributed by atoms with van der Waals surface area (Å²) in [5.41, 5.74) is 14.4. The third-order valence-corrected chi connectivity index (χ3v) is 5.21. The van der Waals surface area contributed by atoms with Crippen LogP contribution in [0.4, 0.5) is 17.6 Å². The lowest BCUT2D eigenvalue weighted by Gasteiger charge is -2.39. The molecule has 2 aromatic heterocycles. The second-order valence-corrected chi connectivity index (χ2v) is 7.49. The molecule has 0 saturated carbocycles. The number of aromatic amines is 1. The van der Waals surface area contributed by atoms with Crippen LogP contribution < -0.4 is 21.1 Å². The maximum Gasteiger partial charge on any atom is 0.222 e. The number of morpholine rings is 1. The van der Waals surface area contributed by atoms with E-state index in [2.05, 4.69) is 38.9 Å². The van der Waals surface area contributed by atoms with Crippen LogP contribution >= 0.6 is 0 Å². The molecule has 1 fully saturated rings. The number of nitrogens with one attached hydrogen (secondary N) is 1. The van der Waals surface area contributed by atoms with Gasteiger partial charge in [-0.1, -0.05) is 13.8 Å². The van der Waals surface area contributed by atoms with Gasteiger partial charge in [-0.2, -0.15) is 10.1 Å². The molecular weight excluding hydrogens is 370 g/mol. The normalized spacial score (nSPS) is 17.2. The molecular formula is C20H27N7O2. The van der Waals surface area contributed by atoms with Crippen molar-refractivity contribution < 1.29 is 9.47 Å². The molecule has 0 bridgehead atoms. The molecule has 3 heterocycles. The molecule has 1 saturated heterocycles. The van der Waals surface area contributed by atoms with E-state index >= 15 is 0 Å². The van der Waals surface area contributed by atoms with Gasteiger partial charge in [-0.05, 0) is 25.0 Å². The minimum atomic E-state index is 0.230. The number of ether oxygens (including phenoxy) is 2. The number of nitrogen functional groups attached to an aromatic ring is 2. The largest absolute Gasteiger partial charge is 0.493 e. The number of anilines is 3. The van der Waals surface area contributed by atoms with E-state index in [4.69, 9.17) is 20.9 Å². The average Bonchev–Trinajstić information content (AvgIpc) is 3.09. The second kappa shape index (κ2) is 7.75. The van der Waals surface area contributed by atoms with Crippen molar-refractivity contribution in [3.63, 3.8) is 0 Å². The summed E-state index contributed by atoms with van der Waals surface area (Å²) in [6.45, 7) is 8.91. The first-order chi connectivity index (χ1) is 14.0. The highest BCUT2D eigenvalue weighted by molar-refractivity contribution is 5.97. The minimum Gasteiger partial charge on any atom is -0.493 e. The molecule has 5 N–H and O–H groups in total. The monoisotopic (exact) mass is 397 g/mol. The van der Waals surface area contributed by atoms with Gasteiger partial charge in [-0.15, -0.1) is 0 Å². The fraction of sp³-hybridized carbons (Fsp3) is 0.450. The van der Waals surface area contributed by atoms with Crippen LogP contribution in [0.3, 0.4) is 0 Å². The van der Waals surface area contributed by atoms with Crippen LogP contribution in [-0.2, 0) is 4.74 Å². The Morgan fingerprint density at radius 2 is 2.10 bits per heavy atom. The fourth-order valence-electron chi connectivity index (χ4n) is 3.77. The van der Waals surface area contributed by atoms with Gasteiger partial charge < -0.3 is 25.8 Å². The Hall–Kier alpha value is -3.07. The van der Waals surface area contributed by atoms with Gasteiger partial charge in [0.1, 0.15) is 11.6 Å². The quantitative estimate of drug-likeness (QED) is 0.599. The van der Waals surface area contributed by atoms with Crippen molar-refractivity contribution in [3.05, 3.63) is 18.2 Å². The number of H-pyrrole nitrogens is 1. The zero-order valence-corrected chi connectivity index (χ0v) is 17.0. The molecule has 9 heteroatoms. The number of hydrogen-bond donors (Lipinski definition) is 3. The first-order valence-corrected chi connectivity index (χ1v) is 9.87. The van der Waals surface area contributed by atoms with Gasteiger partial charge in [-0.25, -0.2) is 4.98 Å². The number of nitrogens with two attached hydrogens (primary N) is 2. The van der Waals surface area contributed by atoms with Gasteiger partial charge in [0.2, 0.25) is 5.95 Å². The predicted molar refractivity (Wildman–Crippen MR) is 114 cm³/mol. The molecule has 29 heavy (non-hydrogen) atoms. The first-order valence-electron chi connectivity index (χ1n) is 9.87. The van der Waals surface area contributed by atoms with Crippen LogP contribution in [0.25, 0.3) is 22.2 Å². The number of benzene rings is 1. The summed E-state index contributed by atoms with van der Waals surface area (Å²) >= 11 is 0. The van der Waals surface area contributed by atoms with E-state index in [9.17, 15) is 0 Å². The van der Waals surface area contributed by atoms with Crippen LogP contribution in [0.5, 0.6) is 5.75 Å². The van der Waals surface area contributed by atoms with Crippen molar-refractivity contribution in [1.29, 1.82) is 0 Å². The SMILES string of the molecule is CCOc1cc(-c2cc(N3CCOC[C@H]3C(C)C)nc(N)n2)cc2[nH]nc(N)c12. The van der Waals surface area contributed by atoms with E-state index in [1.165, 1.54) is 0 Å². The third kappa shape index (κ3) is 3.65. The van der Waals surface area contributed by atoms with Crippen molar-refractivity contribution in [2.45, 2.75) is 26.8 Å². The number of aromatic nitrogens is 4. The van der Waals surface area contributed by atoms with Gasteiger partial charge in [0.15, 0.2) is 5.82 Å². The van der Waals surface area contributed by atoms with E-state index in [0.29, 0.717) is 37.3 Å². The van der Waals surface area contributed by atoms with Gasteiger partial charge >= 0.3 is 0 Å². The Morgan fingerprint density at radius 3 is 2.86 bits per heavy atom. The van der Waals surface area contributed by atoms with E-state index in [0.717, 1.165) is 34.5 Å². The Morgan fingerprint density at radius 1 is 1.28 bits per heavy atom. The second-order valence-electron chi connectivity index (χ2n) is 7.49. The first kappa shape index (κ1) is 19.3. The number of rotatable bonds is 5. The summed E-state index contributed by atoms with van der Waals surface area (Å²) in [5.74, 6) is 2.52. The van der Waals surface area contributed by atoms with Gasteiger partial charge in [0, 0.05) is 18.2 Å². The van der Waals surface area contributed by atoms with E-state index in [1.54, 1.807) is 0 Å². The standard InChI is InChI=1S/C20H27N7O2/c1-4-29-16-8-12(7-14-18(16)19(21)26-25-14)13-9-17(24-20(22)23-13)27-5-6-28-10-15(27)11(2)3/h7-9,11,15H,4-6,10H2,1-3H3,(H3,21,25,26)(H2,22,23,24)/t15-/m0/s1. The zero-order valence-electron chi connectivity index (χ0n) is 17.0. The molecule has 1 aliphatic heterocycles. The Balaban J connectivity index is 1.80. The summed E-state index contributed by atoms with van der Waals surface area (Å²) in [7, 11) is 0. The third-order valence-electron chi connectivity index (χ3n) is 5.21. The number of hydrogen-bond acceptors (Lipinski definition) is 8. The Labute approximate surface area is 169 Å². The van der Waals surface area contributed by atoms with Crippen molar-refractivity contribution in [2.75, 3.05) is 42.7 Å². The van der Waals surface area contributed by atoms with Crippen molar-refractivity contribution in [2.24, 2.45) is 5.92 Å². The number of fused-ring (bicyclic) bond motifs is 1. The highest BCUT2D eigenvalue weighted by Gasteiger charge is 2.27. The summed E-state index contributed by atoms with van der Waals surface area (Å²) in [6.07, 6.45) is 0. The highest BCUT2D eigenvalue weighted by atomic mass is 16.5. The lowest BCUT2D eigenvalue weighted by molar-refractivity contribution is 0.0802. The van der Waals surface area contributed by atoms with Crippen molar-refractivity contribution >= 4 is 28.5 Å². The topological polar surface area (TPSA) is 128 Å². The lowest BCUT2D eigenvalue weighted by Crippen LogP contribution is -2.48. The summed E-state index contributed by atoms with van der Waals surface area (Å²) in [4.78, 5) is 11.2. The Bertz CT molecular complexity index is 1020. The molecule has 0 aliphatic carbocycles. The minimum absolute atomic E-state index is 0.230. The number of nitrogens with zero attached hydrogens (tertiary/aromatic N) is 4. The molecule has 1 aromatic carbocycles. The van der Waals surface area contributed by atoms with Crippen LogP contribution in [0.1, 0.15) is 20.8 Å². The van der Waals surface area contributed by atoms with Crippen LogP contribution in [0, 0.1) is 5.92 Å². The molecule has 4 rings (SSSR count). The molecule has 154 valence electrons. The zero-order chi connectivity index (χ0) is 20.5. The van der Waals surface area contributed by atoms with Crippen LogP contribution in [0.15, 0.2) is 18.2 Å². The van der Waals surface area contributed by atoms with E-state index in [-0.39, 0.29) is 12.0 Å². The van der Waals surface area contributed by atoms with Crippen LogP contribution in [-0.4, -0.2) is 52.6 Å². The van der Waals surface area contributed by atoms with Gasteiger partial charge in [0.05, 0.1) is 42.5 Å². The summed E-state index contributed by atoms with van der Waals surface area (Å²) in [5, 5.41) is 7.83. The maximum atomic E-state index is 6.09. The summed E-state index contributed by atoms with van der Waals surface area (Å²) < 4.78 is 11.5. The van der Waals surface area contributed by atoms with Crippen molar-refractivity contribution in [3.8, 4) is 17.0 Å². The molecule has 0 radical (unpaired) electrons. The van der Waals surface area contributed by atoms with Gasteiger partial charge in [0.25, 0.3) is 0 Å². The highest BCUT2D eigenvalue weighted by Crippen LogP contribution is 2.35. The molecule has 1 aliphatic rings.